The van der Waals surface area contributed by atoms with Gasteiger partial charge >= 0.3 is 0 Å². The number of methoxy groups -OCH3 is 1. The van der Waals surface area contributed by atoms with E-state index in [1.807, 2.05) is 0 Å². The van der Waals surface area contributed by atoms with E-state index in [-0.39, 0.29) is 17.5 Å². The fraction of sp³-hybridized carbons (Fsp3) is 0.556. The molecule has 0 saturated heterocycles. The average molecular weight is 295 g/mol. The Balaban J connectivity index is 2.68. The Morgan fingerprint density at radius 3 is 2.67 bits per heavy atom. The van der Waals surface area contributed by atoms with Gasteiger partial charge in [-0.3, -0.25) is 0 Å². The maximum Gasteiger partial charge on any atom is 0.215 e. The lowest BCUT2D eigenvalue weighted by Crippen LogP contribution is -2.28. The van der Waals surface area contributed by atoms with Crippen LogP contribution in [0.15, 0.2) is 6.33 Å². The van der Waals surface area contributed by atoms with E-state index in [9.17, 15) is 8.42 Å². The second-order valence-corrected chi connectivity index (χ2v) is 6.23. The number of aromatic nitrogens is 2. The zero-order valence-corrected chi connectivity index (χ0v) is 11.9. The van der Waals surface area contributed by atoms with Gasteiger partial charge in [0.1, 0.15) is 6.33 Å². The van der Waals surface area contributed by atoms with Crippen LogP contribution in [0, 0.1) is 0 Å². The fourth-order valence-electron chi connectivity index (χ4n) is 1.14. The molecule has 102 valence electrons. The van der Waals surface area contributed by atoms with Crippen LogP contribution in [0.4, 0.5) is 5.82 Å². The van der Waals surface area contributed by atoms with Crippen LogP contribution >= 0.6 is 11.6 Å². The number of rotatable bonds is 6. The SMILES string of the molecule is COc1c(Cl)ncnc1NCCS(=O)(=O)N(C)C. The lowest BCUT2D eigenvalue weighted by atomic mass is 10.5. The highest BCUT2D eigenvalue weighted by atomic mass is 35.5. The smallest absolute Gasteiger partial charge is 0.215 e. The summed E-state index contributed by atoms with van der Waals surface area (Å²) in [5, 5.41) is 3.02. The Morgan fingerprint density at radius 1 is 1.44 bits per heavy atom. The summed E-state index contributed by atoms with van der Waals surface area (Å²) in [6.45, 7) is 0.199. The van der Waals surface area contributed by atoms with Crippen LogP contribution in [0.5, 0.6) is 5.75 Å². The van der Waals surface area contributed by atoms with Gasteiger partial charge in [0.25, 0.3) is 0 Å². The van der Waals surface area contributed by atoms with Crippen LogP contribution < -0.4 is 10.1 Å². The first-order chi connectivity index (χ1) is 8.38. The lowest BCUT2D eigenvalue weighted by molar-refractivity contribution is 0.413. The number of hydrogen-bond donors (Lipinski definition) is 1. The molecule has 9 heteroatoms. The number of ether oxygens (including phenoxy) is 1. The predicted octanol–water partition coefficient (Wildman–Crippen LogP) is 0.442. The molecule has 0 aliphatic carbocycles. The number of halogens is 1. The summed E-state index contributed by atoms with van der Waals surface area (Å²) in [6.07, 6.45) is 1.27. The molecular weight excluding hydrogens is 280 g/mol. The molecule has 0 amide bonds. The molecule has 0 radical (unpaired) electrons. The van der Waals surface area contributed by atoms with Crippen molar-refractivity contribution in [1.82, 2.24) is 14.3 Å². The zero-order chi connectivity index (χ0) is 13.8. The lowest BCUT2D eigenvalue weighted by Gasteiger charge is -2.13. The van der Waals surface area contributed by atoms with E-state index in [1.165, 1.54) is 31.8 Å². The standard InChI is InChI=1S/C9H15ClN4O3S/c1-14(2)18(15,16)5-4-11-9-7(17-3)8(10)12-6-13-9/h6H,4-5H2,1-3H3,(H,11,12,13). The molecule has 7 nitrogen and oxygen atoms in total. The molecule has 0 spiro atoms. The molecule has 0 aromatic carbocycles. The molecule has 1 N–H and O–H groups in total. The molecule has 1 rings (SSSR count). The van der Waals surface area contributed by atoms with Gasteiger partial charge in [-0.25, -0.2) is 22.7 Å². The van der Waals surface area contributed by atoms with Crippen molar-refractivity contribution in [3.05, 3.63) is 11.5 Å². The van der Waals surface area contributed by atoms with E-state index in [0.717, 1.165) is 0 Å². The monoisotopic (exact) mass is 294 g/mol. The molecule has 1 heterocycles. The Morgan fingerprint density at radius 2 is 2.11 bits per heavy atom. The van der Waals surface area contributed by atoms with Crippen molar-refractivity contribution in [3.8, 4) is 5.75 Å². The van der Waals surface area contributed by atoms with Crippen molar-refractivity contribution in [2.45, 2.75) is 0 Å². The van der Waals surface area contributed by atoms with Crippen LogP contribution in [-0.4, -0.2) is 56.2 Å². The summed E-state index contributed by atoms with van der Waals surface area (Å²) in [7, 11) is 1.16. The Labute approximate surface area is 111 Å². The van der Waals surface area contributed by atoms with Crippen molar-refractivity contribution in [2.75, 3.05) is 38.8 Å². The third-order valence-corrected chi connectivity index (χ3v) is 4.28. The number of hydrogen-bond acceptors (Lipinski definition) is 6. The molecule has 1 aromatic heterocycles. The average Bonchev–Trinajstić information content (AvgIpc) is 2.29. The van der Waals surface area contributed by atoms with Crippen molar-refractivity contribution in [3.63, 3.8) is 0 Å². The Kier molecular flexibility index (Phi) is 5.12. The van der Waals surface area contributed by atoms with Gasteiger partial charge in [0.15, 0.2) is 16.7 Å². The zero-order valence-electron chi connectivity index (χ0n) is 10.3. The molecule has 1 aromatic rings. The van der Waals surface area contributed by atoms with Crippen LogP contribution in [-0.2, 0) is 10.0 Å². The van der Waals surface area contributed by atoms with Gasteiger partial charge in [0, 0.05) is 20.6 Å². The fourth-order valence-corrected chi connectivity index (χ4v) is 2.08. The minimum atomic E-state index is -3.24. The van der Waals surface area contributed by atoms with Gasteiger partial charge in [-0.1, -0.05) is 11.6 Å². The molecule has 0 aliphatic rings. The van der Waals surface area contributed by atoms with E-state index < -0.39 is 10.0 Å². The Hall–Kier alpha value is -1.12. The largest absolute Gasteiger partial charge is 0.490 e. The topological polar surface area (TPSA) is 84.4 Å². The quantitative estimate of drug-likeness (QED) is 0.767. The van der Waals surface area contributed by atoms with Crippen LogP contribution in [0.3, 0.4) is 0 Å². The number of sulfonamides is 1. The molecule has 0 unspecified atom stereocenters. The van der Waals surface area contributed by atoms with Gasteiger partial charge < -0.3 is 10.1 Å². The van der Waals surface area contributed by atoms with Gasteiger partial charge in [-0.05, 0) is 0 Å². The summed E-state index contributed by atoms with van der Waals surface area (Å²) in [5.74, 6) is 0.609. The number of anilines is 1. The van der Waals surface area contributed by atoms with Crippen LogP contribution in [0.1, 0.15) is 0 Å². The van der Waals surface area contributed by atoms with Gasteiger partial charge in [-0.15, -0.1) is 0 Å². The summed E-state index contributed by atoms with van der Waals surface area (Å²) in [4.78, 5) is 7.69. The molecular formula is C9H15ClN4O3S. The third kappa shape index (κ3) is 3.69. The van der Waals surface area contributed by atoms with Crippen molar-refractivity contribution in [2.24, 2.45) is 0 Å². The van der Waals surface area contributed by atoms with Gasteiger partial charge in [-0.2, -0.15) is 0 Å². The molecule has 0 saturated carbocycles. The summed E-state index contributed by atoms with van der Waals surface area (Å²) in [5.41, 5.74) is 0. The van der Waals surface area contributed by atoms with Gasteiger partial charge in [0.2, 0.25) is 10.0 Å². The maximum absolute atomic E-state index is 11.5. The first kappa shape index (κ1) is 14.9. The van der Waals surface area contributed by atoms with E-state index in [1.54, 1.807) is 0 Å². The number of nitrogens with zero attached hydrogens (tertiary/aromatic N) is 3. The Bertz CT molecular complexity index is 507. The molecule has 0 fully saturated rings. The van der Waals surface area contributed by atoms with Crippen molar-refractivity contribution < 1.29 is 13.2 Å². The van der Waals surface area contributed by atoms with E-state index >= 15 is 0 Å². The van der Waals surface area contributed by atoms with Crippen LogP contribution in [0.2, 0.25) is 5.15 Å². The highest BCUT2D eigenvalue weighted by Gasteiger charge is 2.14. The molecule has 0 bridgehead atoms. The summed E-state index contributed by atoms with van der Waals surface area (Å²) in [6, 6.07) is 0. The van der Waals surface area contributed by atoms with Crippen molar-refractivity contribution in [1.29, 1.82) is 0 Å². The van der Waals surface area contributed by atoms with Crippen LogP contribution in [0.25, 0.3) is 0 Å². The second kappa shape index (κ2) is 6.17. The minimum Gasteiger partial charge on any atom is -0.490 e. The van der Waals surface area contributed by atoms with Crippen molar-refractivity contribution >= 4 is 27.4 Å². The maximum atomic E-state index is 11.5. The molecule has 0 atom stereocenters. The van der Waals surface area contributed by atoms with E-state index in [4.69, 9.17) is 16.3 Å². The number of nitrogens with one attached hydrogen (secondary N) is 1. The highest BCUT2D eigenvalue weighted by molar-refractivity contribution is 7.89. The summed E-state index contributed by atoms with van der Waals surface area (Å²) < 4.78 is 29.3. The molecule has 18 heavy (non-hydrogen) atoms. The van der Waals surface area contributed by atoms with E-state index in [0.29, 0.717) is 11.6 Å². The molecule has 0 aliphatic heterocycles. The third-order valence-electron chi connectivity index (χ3n) is 2.17. The normalized spacial score (nSPS) is 11.6. The van der Waals surface area contributed by atoms with Gasteiger partial charge in [0.05, 0.1) is 12.9 Å². The van der Waals surface area contributed by atoms with E-state index in [2.05, 4.69) is 15.3 Å². The predicted molar refractivity (Wildman–Crippen MR) is 69.6 cm³/mol. The second-order valence-electron chi connectivity index (χ2n) is 3.57. The first-order valence-electron chi connectivity index (χ1n) is 5.07. The highest BCUT2D eigenvalue weighted by Crippen LogP contribution is 2.27. The summed E-state index contributed by atoms with van der Waals surface area (Å²) >= 11 is 5.81. The minimum absolute atomic E-state index is 0.0508. The first-order valence-corrected chi connectivity index (χ1v) is 7.05.